The molecule has 2 rings (SSSR count). The first-order valence-electron chi connectivity index (χ1n) is 5.47. The second-order valence-electron chi connectivity index (χ2n) is 4.19. The van der Waals surface area contributed by atoms with Crippen molar-refractivity contribution in [2.75, 3.05) is 0 Å². The molecular weight excluding hydrogens is 244 g/mol. The Balaban J connectivity index is 0.000000284. The summed E-state index contributed by atoms with van der Waals surface area (Å²) >= 11 is 3.74. The maximum Gasteiger partial charge on any atom is 0.00462 e. The van der Waals surface area contributed by atoms with Crippen LogP contribution in [0.25, 0.3) is 0 Å². The van der Waals surface area contributed by atoms with Crippen molar-refractivity contribution >= 4 is 22.7 Å². The molecule has 0 atom stereocenters. The van der Waals surface area contributed by atoms with E-state index in [1.54, 1.807) is 0 Å². The van der Waals surface area contributed by atoms with Gasteiger partial charge in [-0.25, -0.2) is 0 Å². The molecule has 0 saturated heterocycles. The van der Waals surface area contributed by atoms with Crippen LogP contribution in [0.1, 0.15) is 38.1 Å². The molecule has 0 N–H and O–H groups in total. The molecule has 0 unspecified atom stereocenters. The minimum absolute atomic E-state index is 0. The van der Waals surface area contributed by atoms with Crippen molar-refractivity contribution in [3.63, 3.8) is 0 Å². The summed E-state index contributed by atoms with van der Waals surface area (Å²) in [6.45, 7) is 12.9. The van der Waals surface area contributed by atoms with Crippen molar-refractivity contribution in [3.05, 3.63) is 42.8 Å². The lowest BCUT2D eigenvalue weighted by Crippen LogP contribution is -1.62. The molecule has 0 aliphatic carbocycles. The summed E-state index contributed by atoms with van der Waals surface area (Å²) in [5, 5.41) is 0. The van der Waals surface area contributed by atoms with Crippen LogP contribution in [0.5, 0.6) is 0 Å². The Morgan fingerprint density at radius 3 is 1.00 bits per heavy atom. The summed E-state index contributed by atoms with van der Waals surface area (Å²) in [5.41, 5.74) is 2.85. The molecule has 0 amide bonds. The topological polar surface area (TPSA) is 0 Å². The summed E-state index contributed by atoms with van der Waals surface area (Å²) in [6, 6.07) is 4.44. The Morgan fingerprint density at radius 2 is 0.941 bits per heavy atom. The fourth-order valence-corrected chi connectivity index (χ4v) is 3.39. The Labute approximate surface area is 114 Å². The van der Waals surface area contributed by atoms with Gasteiger partial charge in [0.25, 0.3) is 0 Å². The van der Waals surface area contributed by atoms with Gasteiger partial charge in [0, 0.05) is 19.5 Å². The zero-order valence-corrected chi connectivity index (χ0v) is 12.6. The van der Waals surface area contributed by atoms with Crippen molar-refractivity contribution in [3.8, 4) is 0 Å². The molecule has 0 spiro atoms. The van der Waals surface area contributed by atoms with Gasteiger partial charge in [0.15, 0.2) is 0 Å². The van der Waals surface area contributed by atoms with E-state index in [2.05, 4.69) is 53.7 Å². The molecule has 0 nitrogen and oxygen atoms in total. The van der Waals surface area contributed by atoms with E-state index in [1.807, 2.05) is 22.7 Å². The molecule has 2 aromatic heterocycles. The van der Waals surface area contributed by atoms with Gasteiger partial charge < -0.3 is 0 Å². The van der Waals surface area contributed by atoms with E-state index in [0.29, 0.717) is 0 Å². The van der Waals surface area contributed by atoms with E-state index in [1.165, 1.54) is 30.6 Å². The van der Waals surface area contributed by atoms with Gasteiger partial charge in [-0.1, -0.05) is 7.43 Å². The standard InChI is InChI=1S/2C7H10S.CH4/c2*1-5-4-6(2)8-7(5)3;/h2*4H,1-3H3;1H4. The van der Waals surface area contributed by atoms with E-state index in [-0.39, 0.29) is 7.43 Å². The van der Waals surface area contributed by atoms with E-state index in [4.69, 9.17) is 0 Å². The minimum atomic E-state index is 0. The lowest BCUT2D eigenvalue weighted by atomic mass is 10.3. The summed E-state index contributed by atoms with van der Waals surface area (Å²) in [6.07, 6.45) is 0. The molecule has 96 valence electrons. The fraction of sp³-hybridized carbons (Fsp3) is 0.467. The van der Waals surface area contributed by atoms with Gasteiger partial charge in [-0.2, -0.15) is 0 Å². The predicted octanol–water partition coefficient (Wildman–Crippen LogP) is 5.98. The maximum atomic E-state index is 2.22. The highest BCUT2D eigenvalue weighted by atomic mass is 32.1. The second-order valence-corrected chi connectivity index (χ2v) is 7.11. The van der Waals surface area contributed by atoms with Crippen LogP contribution in [0.2, 0.25) is 0 Å². The van der Waals surface area contributed by atoms with Crippen LogP contribution in [0, 0.1) is 41.5 Å². The molecule has 2 heterocycles. The van der Waals surface area contributed by atoms with Crippen molar-refractivity contribution in [1.29, 1.82) is 0 Å². The summed E-state index contributed by atoms with van der Waals surface area (Å²) in [7, 11) is 0. The van der Waals surface area contributed by atoms with Crippen LogP contribution < -0.4 is 0 Å². The van der Waals surface area contributed by atoms with Crippen LogP contribution in [0.4, 0.5) is 0 Å². The van der Waals surface area contributed by atoms with Crippen LogP contribution in [0.3, 0.4) is 0 Å². The maximum absolute atomic E-state index is 2.22. The third kappa shape index (κ3) is 5.05. The molecular formula is C15H24S2. The normalized spacial score (nSPS) is 9.29. The zero-order chi connectivity index (χ0) is 12.3. The van der Waals surface area contributed by atoms with Crippen molar-refractivity contribution in [2.24, 2.45) is 0 Å². The summed E-state index contributed by atoms with van der Waals surface area (Å²) < 4.78 is 0. The van der Waals surface area contributed by atoms with Gasteiger partial charge in [0.1, 0.15) is 0 Å². The van der Waals surface area contributed by atoms with E-state index < -0.39 is 0 Å². The average Bonchev–Trinajstić information content (AvgIpc) is 2.58. The molecule has 0 aliphatic heterocycles. The number of aryl methyl sites for hydroxylation is 6. The lowest BCUT2D eigenvalue weighted by Gasteiger charge is -1.79. The highest BCUT2D eigenvalue weighted by Gasteiger charge is 1.94. The zero-order valence-electron chi connectivity index (χ0n) is 11.0. The van der Waals surface area contributed by atoms with Crippen molar-refractivity contribution < 1.29 is 0 Å². The van der Waals surface area contributed by atoms with Crippen LogP contribution in [-0.4, -0.2) is 0 Å². The van der Waals surface area contributed by atoms with Gasteiger partial charge in [0.2, 0.25) is 0 Å². The molecule has 17 heavy (non-hydrogen) atoms. The lowest BCUT2D eigenvalue weighted by molar-refractivity contribution is 1.43. The van der Waals surface area contributed by atoms with Gasteiger partial charge in [-0.05, 0) is 64.8 Å². The van der Waals surface area contributed by atoms with E-state index in [0.717, 1.165) is 0 Å². The molecule has 2 aromatic rings. The third-order valence-corrected chi connectivity index (χ3v) is 4.71. The average molecular weight is 268 g/mol. The fourth-order valence-electron chi connectivity index (χ4n) is 1.52. The molecule has 0 aliphatic rings. The molecule has 0 bridgehead atoms. The number of hydrogen-bond donors (Lipinski definition) is 0. The Hall–Kier alpha value is -0.600. The molecule has 0 fully saturated rings. The molecule has 0 radical (unpaired) electrons. The largest absolute Gasteiger partial charge is 0.146 e. The Kier molecular flexibility index (Phi) is 6.73. The van der Waals surface area contributed by atoms with Gasteiger partial charge in [-0.15, -0.1) is 22.7 Å². The highest BCUT2D eigenvalue weighted by molar-refractivity contribution is 7.12. The predicted molar refractivity (Wildman–Crippen MR) is 83.8 cm³/mol. The van der Waals surface area contributed by atoms with E-state index >= 15 is 0 Å². The molecule has 0 aromatic carbocycles. The molecule has 0 saturated carbocycles. The highest BCUT2D eigenvalue weighted by Crippen LogP contribution is 2.19. The van der Waals surface area contributed by atoms with Crippen LogP contribution >= 0.6 is 22.7 Å². The summed E-state index contributed by atoms with van der Waals surface area (Å²) in [5.74, 6) is 0. The first-order chi connectivity index (χ1) is 7.40. The monoisotopic (exact) mass is 268 g/mol. The Morgan fingerprint density at radius 1 is 0.647 bits per heavy atom. The van der Waals surface area contributed by atoms with Crippen molar-refractivity contribution in [2.45, 2.75) is 49.0 Å². The first-order valence-corrected chi connectivity index (χ1v) is 7.10. The first kappa shape index (κ1) is 16.4. The SMILES string of the molecule is C.Cc1cc(C)c(C)s1.Cc1cc(C)c(C)s1. The number of thiophene rings is 2. The van der Waals surface area contributed by atoms with Gasteiger partial charge in [0.05, 0.1) is 0 Å². The number of hydrogen-bond acceptors (Lipinski definition) is 2. The minimum Gasteiger partial charge on any atom is -0.146 e. The van der Waals surface area contributed by atoms with Crippen LogP contribution in [-0.2, 0) is 0 Å². The quantitative estimate of drug-likeness (QED) is 0.551. The second kappa shape index (κ2) is 6.97. The van der Waals surface area contributed by atoms with Gasteiger partial charge in [-0.3, -0.25) is 0 Å². The van der Waals surface area contributed by atoms with Gasteiger partial charge >= 0.3 is 0 Å². The number of rotatable bonds is 0. The van der Waals surface area contributed by atoms with Crippen molar-refractivity contribution in [1.82, 2.24) is 0 Å². The Bertz CT molecular complexity index is 378. The van der Waals surface area contributed by atoms with E-state index in [9.17, 15) is 0 Å². The third-order valence-electron chi connectivity index (χ3n) is 2.58. The smallest absolute Gasteiger partial charge is 0.00462 e. The van der Waals surface area contributed by atoms with Crippen LogP contribution in [0.15, 0.2) is 12.1 Å². The molecule has 2 heteroatoms. The summed E-state index contributed by atoms with van der Waals surface area (Å²) in [4.78, 5) is 5.73.